The highest BCUT2D eigenvalue weighted by Crippen LogP contribution is 2.00. The van der Waals surface area contributed by atoms with E-state index in [1.54, 1.807) is 0 Å². The molecule has 0 bridgehead atoms. The Morgan fingerprint density at radius 2 is 0.917 bits per heavy atom. The summed E-state index contributed by atoms with van der Waals surface area (Å²) in [7, 11) is 0. The molecule has 0 unspecified atom stereocenters. The van der Waals surface area contributed by atoms with Crippen LogP contribution in [0.25, 0.3) is 0 Å². The first-order chi connectivity index (χ1) is 5.79. The number of carbonyl (C=O) groups excluding carboxylic acids is 2. The van der Waals surface area contributed by atoms with Crippen molar-refractivity contribution < 1.29 is 19.1 Å². The van der Waals surface area contributed by atoms with Crippen LogP contribution >= 0.6 is 0 Å². The van der Waals surface area contributed by atoms with E-state index in [0.717, 1.165) is 0 Å². The van der Waals surface area contributed by atoms with Crippen molar-refractivity contribution in [2.45, 2.75) is 0 Å². The van der Waals surface area contributed by atoms with Gasteiger partial charge in [-0.3, -0.25) is 0 Å². The van der Waals surface area contributed by atoms with Crippen molar-refractivity contribution in [2.75, 3.05) is 0 Å². The van der Waals surface area contributed by atoms with Crippen LogP contribution in [-0.2, 0) is 9.47 Å². The van der Waals surface area contributed by atoms with Gasteiger partial charge in [-0.15, -0.1) is 0 Å². The molecule has 0 radical (unpaired) electrons. The fourth-order valence-corrected chi connectivity index (χ4v) is 0.529. The van der Waals surface area contributed by atoms with Crippen molar-refractivity contribution in [3.8, 4) is 0 Å². The molecule has 0 amide bonds. The normalized spacial score (nSPS) is 13.0. The molecule has 0 N–H and O–H groups in total. The molecule has 62 valence electrons. The Morgan fingerprint density at radius 3 is 1.00 bits per heavy atom. The maximum atomic E-state index is 9.44. The van der Waals surface area contributed by atoms with Crippen LogP contribution in [-0.4, -0.2) is 12.3 Å². The predicted octanol–water partition coefficient (Wildman–Crippen LogP) is 1.96. The maximum Gasteiger partial charge on any atom is 0.528 e. The van der Waals surface area contributed by atoms with E-state index in [4.69, 9.17) is 0 Å². The number of rotatable bonds is 0. The molecule has 0 spiro atoms. The van der Waals surface area contributed by atoms with Gasteiger partial charge in [0, 0.05) is 0 Å². The Labute approximate surface area is 68.7 Å². The highest BCUT2D eigenvalue weighted by molar-refractivity contribution is 5.93. The Balaban J connectivity index is 0.000000120. The fraction of sp³-hybridized carbons (Fsp3) is 0. The molecular formula is C8H6O4. The van der Waals surface area contributed by atoms with Gasteiger partial charge < -0.3 is 9.47 Å². The molecule has 1 aliphatic heterocycles. The van der Waals surface area contributed by atoms with E-state index in [2.05, 4.69) is 9.47 Å². The molecule has 1 saturated heterocycles. The smallest absolute Gasteiger partial charge is 0.327 e. The monoisotopic (exact) mass is 166 g/mol. The Kier molecular flexibility index (Phi) is 2.84. The van der Waals surface area contributed by atoms with Crippen LogP contribution < -0.4 is 0 Å². The summed E-state index contributed by atoms with van der Waals surface area (Å²) in [5.41, 5.74) is 0. The number of cyclic esters (lactones) is 4. The molecule has 0 aliphatic carbocycles. The molecular weight excluding hydrogens is 160 g/mol. The second-order valence-electron chi connectivity index (χ2n) is 1.86. The summed E-state index contributed by atoms with van der Waals surface area (Å²) in [5.74, 6) is 0. The lowest BCUT2D eigenvalue weighted by molar-refractivity contribution is 0.00679. The van der Waals surface area contributed by atoms with Crippen molar-refractivity contribution in [3.05, 3.63) is 36.4 Å². The van der Waals surface area contributed by atoms with Gasteiger partial charge in [0.05, 0.1) is 0 Å². The van der Waals surface area contributed by atoms with E-state index in [1.165, 1.54) is 0 Å². The molecule has 4 nitrogen and oxygen atoms in total. The van der Waals surface area contributed by atoms with Crippen LogP contribution in [0.5, 0.6) is 0 Å². The summed E-state index contributed by atoms with van der Waals surface area (Å²) in [6, 6.07) is 12.0. The number of carbonyl (C=O) groups is 2. The lowest BCUT2D eigenvalue weighted by atomic mass is 10.4. The molecule has 0 atom stereocenters. The van der Waals surface area contributed by atoms with Gasteiger partial charge in [-0.1, -0.05) is 36.4 Å². The lowest BCUT2D eigenvalue weighted by Crippen LogP contribution is -2.27. The molecule has 2 rings (SSSR count). The number of hydrogen-bond donors (Lipinski definition) is 0. The standard InChI is InChI=1S/C6H6.C2O4/c1-2-4-6-5-3-1;3-1-5-2(4)6-1/h1-6H;. The summed E-state index contributed by atoms with van der Waals surface area (Å²) in [4.78, 5) is 18.9. The predicted molar refractivity (Wildman–Crippen MR) is 39.4 cm³/mol. The van der Waals surface area contributed by atoms with E-state index < -0.39 is 12.3 Å². The van der Waals surface area contributed by atoms with Gasteiger partial charge in [0.2, 0.25) is 0 Å². The minimum atomic E-state index is -0.917. The lowest BCUT2D eigenvalue weighted by Gasteiger charge is -2.05. The second-order valence-corrected chi connectivity index (χ2v) is 1.86. The van der Waals surface area contributed by atoms with Gasteiger partial charge in [0.1, 0.15) is 0 Å². The third-order valence-corrected chi connectivity index (χ3v) is 1.00. The third-order valence-electron chi connectivity index (χ3n) is 1.00. The highest BCUT2D eigenvalue weighted by Gasteiger charge is 2.27. The highest BCUT2D eigenvalue weighted by atomic mass is 16.9. The Bertz CT molecular complexity index is 219. The van der Waals surface area contributed by atoms with Crippen LogP contribution in [0.4, 0.5) is 9.59 Å². The minimum Gasteiger partial charge on any atom is -0.327 e. The van der Waals surface area contributed by atoms with Crippen LogP contribution in [0.3, 0.4) is 0 Å². The average molecular weight is 166 g/mol. The SMILES string of the molecule is O=C1OC(=O)O1.c1ccccc1. The molecule has 1 aromatic rings. The Hall–Kier alpha value is -1.84. The van der Waals surface area contributed by atoms with Crippen molar-refractivity contribution in [2.24, 2.45) is 0 Å². The first-order valence-corrected chi connectivity index (χ1v) is 3.22. The van der Waals surface area contributed by atoms with Crippen molar-refractivity contribution in [1.29, 1.82) is 0 Å². The zero-order valence-corrected chi connectivity index (χ0v) is 6.10. The largest absolute Gasteiger partial charge is 0.528 e. The summed E-state index contributed by atoms with van der Waals surface area (Å²) >= 11 is 0. The summed E-state index contributed by atoms with van der Waals surface area (Å²) in [6.07, 6.45) is -1.83. The molecule has 0 saturated carbocycles. The molecule has 0 aromatic heterocycles. The summed E-state index contributed by atoms with van der Waals surface area (Å²) in [6.45, 7) is 0. The molecule has 1 heterocycles. The van der Waals surface area contributed by atoms with Gasteiger partial charge in [-0.25, -0.2) is 9.59 Å². The zero-order chi connectivity index (χ0) is 8.81. The summed E-state index contributed by atoms with van der Waals surface area (Å²) < 4.78 is 7.28. The van der Waals surface area contributed by atoms with Crippen LogP contribution in [0.1, 0.15) is 0 Å². The summed E-state index contributed by atoms with van der Waals surface area (Å²) in [5, 5.41) is 0. The first kappa shape index (κ1) is 8.26. The van der Waals surface area contributed by atoms with Crippen molar-refractivity contribution >= 4 is 12.3 Å². The number of ether oxygens (including phenoxy) is 2. The molecule has 4 heteroatoms. The van der Waals surface area contributed by atoms with Gasteiger partial charge in [0.15, 0.2) is 0 Å². The van der Waals surface area contributed by atoms with Gasteiger partial charge in [-0.2, -0.15) is 0 Å². The fourth-order valence-electron chi connectivity index (χ4n) is 0.529. The Morgan fingerprint density at radius 1 is 0.667 bits per heavy atom. The van der Waals surface area contributed by atoms with E-state index >= 15 is 0 Å². The van der Waals surface area contributed by atoms with Crippen molar-refractivity contribution in [3.63, 3.8) is 0 Å². The average Bonchev–Trinajstić information content (AvgIpc) is 2.07. The molecule has 1 aromatic carbocycles. The van der Waals surface area contributed by atoms with E-state index in [0.29, 0.717) is 0 Å². The number of hydrogen-bond acceptors (Lipinski definition) is 4. The quantitative estimate of drug-likeness (QED) is 0.436. The van der Waals surface area contributed by atoms with Gasteiger partial charge in [-0.05, 0) is 0 Å². The zero-order valence-electron chi connectivity index (χ0n) is 6.10. The first-order valence-electron chi connectivity index (χ1n) is 3.22. The van der Waals surface area contributed by atoms with Crippen molar-refractivity contribution in [1.82, 2.24) is 0 Å². The second kappa shape index (κ2) is 4.12. The van der Waals surface area contributed by atoms with E-state index in [9.17, 15) is 9.59 Å². The van der Waals surface area contributed by atoms with Gasteiger partial charge >= 0.3 is 12.3 Å². The molecule has 12 heavy (non-hydrogen) atoms. The third kappa shape index (κ3) is 2.83. The minimum absolute atomic E-state index is 0.917. The topological polar surface area (TPSA) is 52.6 Å². The van der Waals surface area contributed by atoms with Crippen LogP contribution in [0, 0.1) is 0 Å². The van der Waals surface area contributed by atoms with Crippen LogP contribution in [0.15, 0.2) is 36.4 Å². The van der Waals surface area contributed by atoms with Crippen LogP contribution in [0.2, 0.25) is 0 Å². The number of benzene rings is 1. The van der Waals surface area contributed by atoms with Gasteiger partial charge in [0.25, 0.3) is 0 Å². The molecule has 1 aliphatic rings. The maximum absolute atomic E-state index is 9.44. The van der Waals surface area contributed by atoms with E-state index in [-0.39, 0.29) is 0 Å². The molecule has 1 fully saturated rings. The van der Waals surface area contributed by atoms with E-state index in [1.807, 2.05) is 36.4 Å².